The number of hydrogen-bond acceptors (Lipinski definition) is 9. The van der Waals surface area contributed by atoms with Gasteiger partial charge in [-0.3, -0.25) is 23.7 Å². The number of carbonyl (C=O) groups excluding carboxylic acids is 1. The van der Waals surface area contributed by atoms with E-state index in [0.717, 1.165) is 55.0 Å². The lowest BCUT2D eigenvalue weighted by Crippen LogP contribution is -2.43. The van der Waals surface area contributed by atoms with Crippen LogP contribution in [0.1, 0.15) is 57.9 Å². The summed E-state index contributed by atoms with van der Waals surface area (Å²) in [6, 6.07) is 5.20. The average molecular weight is 584 g/mol. The van der Waals surface area contributed by atoms with Crippen LogP contribution in [0.2, 0.25) is 0 Å². The molecule has 40 heavy (non-hydrogen) atoms. The van der Waals surface area contributed by atoms with E-state index in [4.69, 9.17) is 18.5 Å². The van der Waals surface area contributed by atoms with Gasteiger partial charge in [-0.2, -0.15) is 5.09 Å². The molecular weight excluding hydrogens is 548 g/mol. The zero-order valence-corrected chi connectivity index (χ0v) is 23.7. The predicted octanol–water partition coefficient (Wildman–Crippen LogP) is 2.54. The lowest BCUT2D eigenvalue weighted by atomic mass is 9.92. The van der Waals surface area contributed by atoms with Gasteiger partial charge in [0.25, 0.3) is 5.56 Å². The van der Waals surface area contributed by atoms with Crippen LogP contribution >= 0.6 is 7.75 Å². The third kappa shape index (κ3) is 6.72. The van der Waals surface area contributed by atoms with Crippen LogP contribution in [0.5, 0.6) is 5.75 Å². The number of alkyl halides is 1. The standard InChI is InChI=1S/C26H35FN3O9P/c1-15(2)37-23(33)16(3)29-40(35,39-19-10-9-17-7-5-6-8-18(17)13-19)36-14-20-22(32)26(4,27)24(38-20)30-12-11-21(31)28-25(30)34/h9-13,15-16,20,22,24,32H,5-8,14H2,1-4H3,(H,29,35)(H,28,31,34)/t16-,20+,22+,24+,26+,40?/m0/s1. The van der Waals surface area contributed by atoms with E-state index in [2.05, 4.69) is 5.09 Å². The van der Waals surface area contributed by atoms with Crippen LogP contribution in [0.15, 0.2) is 40.1 Å². The van der Waals surface area contributed by atoms with Crippen LogP contribution in [0.25, 0.3) is 0 Å². The minimum absolute atomic E-state index is 0.238. The largest absolute Gasteiger partial charge is 0.462 e. The number of fused-ring (bicyclic) bond motifs is 1. The first-order valence-corrected chi connectivity index (χ1v) is 14.7. The van der Waals surface area contributed by atoms with Crippen LogP contribution in [0.4, 0.5) is 4.39 Å². The van der Waals surface area contributed by atoms with Gasteiger partial charge in [-0.05, 0) is 76.6 Å². The van der Waals surface area contributed by atoms with Crippen LogP contribution in [0, 0.1) is 0 Å². The summed E-state index contributed by atoms with van der Waals surface area (Å²) in [5.41, 5.74) is -1.88. The summed E-state index contributed by atoms with van der Waals surface area (Å²) in [5.74, 6) is -0.458. The maximum atomic E-state index is 15.6. The van der Waals surface area contributed by atoms with Crippen LogP contribution in [-0.2, 0) is 36.2 Å². The molecule has 6 atom stereocenters. The number of carbonyl (C=O) groups is 1. The molecule has 1 aliphatic heterocycles. The number of aliphatic hydroxyl groups is 1. The summed E-state index contributed by atoms with van der Waals surface area (Å²) < 4.78 is 52.5. The first-order chi connectivity index (χ1) is 18.8. The molecule has 2 aliphatic rings. The van der Waals surface area contributed by atoms with Gasteiger partial charge in [0.2, 0.25) is 0 Å². The Morgan fingerprint density at radius 2 is 1.95 bits per heavy atom. The topological polar surface area (TPSA) is 158 Å². The van der Waals surface area contributed by atoms with Crippen molar-refractivity contribution < 1.29 is 37.4 Å². The molecule has 1 saturated heterocycles. The fourth-order valence-corrected chi connectivity index (χ4v) is 6.25. The molecule has 1 aromatic heterocycles. The molecule has 220 valence electrons. The number of aliphatic hydroxyl groups excluding tert-OH is 1. The quantitative estimate of drug-likeness (QED) is 0.280. The van der Waals surface area contributed by atoms with Gasteiger partial charge < -0.3 is 19.1 Å². The van der Waals surface area contributed by atoms with Crippen molar-refractivity contribution in [2.24, 2.45) is 0 Å². The van der Waals surface area contributed by atoms with E-state index >= 15 is 4.39 Å². The van der Waals surface area contributed by atoms with Crippen molar-refractivity contribution in [1.29, 1.82) is 0 Å². The number of rotatable bonds is 10. The van der Waals surface area contributed by atoms with Gasteiger partial charge in [0.1, 0.15) is 24.0 Å². The molecule has 0 bridgehead atoms. The van der Waals surface area contributed by atoms with Gasteiger partial charge in [-0.1, -0.05) is 6.07 Å². The first-order valence-electron chi connectivity index (χ1n) is 13.2. The highest BCUT2D eigenvalue weighted by atomic mass is 31.2. The van der Waals surface area contributed by atoms with E-state index in [1.54, 1.807) is 26.0 Å². The molecule has 1 fully saturated rings. The molecule has 0 radical (unpaired) electrons. The number of benzene rings is 1. The van der Waals surface area contributed by atoms with E-state index in [9.17, 15) is 24.1 Å². The van der Waals surface area contributed by atoms with Crippen molar-refractivity contribution in [2.75, 3.05) is 6.61 Å². The summed E-state index contributed by atoms with van der Waals surface area (Å²) in [5, 5.41) is 13.2. The molecule has 4 rings (SSSR count). The minimum atomic E-state index is -4.34. The summed E-state index contributed by atoms with van der Waals surface area (Å²) in [6.45, 7) is 5.17. The van der Waals surface area contributed by atoms with Crippen molar-refractivity contribution >= 4 is 13.7 Å². The highest BCUT2D eigenvalue weighted by Gasteiger charge is 2.56. The molecule has 2 heterocycles. The van der Waals surface area contributed by atoms with Gasteiger partial charge in [0.15, 0.2) is 11.9 Å². The van der Waals surface area contributed by atoms with Gasteiger partial charge in [0.05, 0.1) is 12.7 Å². The van der Waals surface area contributed by atoms with Crippen molar-refractivity contribution in [2.45, 2.75) is 89.6 Å². The first kappa shape index (κ1) is 30.1. The third-order valence-corrected chi connectivity index (χ3v) is 8.48. The van der Waals surface area contributed by atoms with Crippen molar-refractivity contribution in [1.82, 2.24) is 14.6 Å². The number of halogens is 1. The van der Waals surface area contributed by atoms with E-state index in [1.165, 1.54) is 12.5 Å². The molecule has 14 heteroatoms. The SMILES string of the molecule is CC(C)OC(=O)[C@H](C)NP(=O)(OC[C@H]1O[C@@H](n2ccc(=O)[nH]c2=O)[C@](C)(F)[C@@H]1O)Oc1ccc2c(c1)CCCC2. The highest BCUT2D eigenvalue weighted by Crippen LogP contribution is 2.48. The summed E-state index contributed by atoms with van der Waals surface area (Å²) in [7, 11) is -4.34. The predicted molar refractivity (Wildman–Crippen MR) is 142 cm³/mol. The second-order valence-corrected chi connectivity index (χ2v) is 12.2. The number of esters is 1. The fraction of sp³-hybridized carbons (Fsp3) is 0.577. The molecule has 0 spiro atoms. The van der Waals surface area contributed by atoms with Crippen molar-refractivity contribution in [3.8, 4) is 5.75 Å². The Bertz CT molecular complexity index is 1390. The second kappa shape index (κ2) is 12.0. The maximum Gasteiger partial charge on any atom is 0.459 e. The third-order valence-electron chi connectivity index (χ3n) is 6.83. The molecule has 0 amide bonds. The number of aryl methyl sites for hydroxylation is 2. The number of ether oxygens (including phenoxy) is 2. The summed E-state index contributed by atoms with van der Waals surface area (Å²) >= 11 is 0. The average Bonchev–Trinajstić information content (AvgIpc) is 3.10. The zero-order valence-electron chi connectivity index (χ0n) is 22.8. The van der Waals surface area contributed by atoms with Crippen LogP contribution < -0.4 is 20.9 Å². The lowest BCUT2D eigenvalue weighted by molar-refractivity contribution is -0.149. The number of H-pyrrole nitrogens is 1. The Balaban J connectivity index is 1.55. The molecule has 0 saturated carbocycles. The number of nitrogens with one attached hydrogen (secondary N) is 2. The Kier molecular flexibility index (Phi) is 9.01. The molecule has 2 aromatic rings. The number of hydrogen-bond donors (Lipinski definition) is 3. The van der Waals surface area contributed by atoms with Gasteiger partial charge in [-0.25, -0.2) is 13.8 Å². The van der Waals surface area contributed by atoms with Crippen LogP contribution in [-0.4, -0.2) is 57.3 Å². The molecule has 1 aliphatic carbocycles. The number of aromatic amines is 1. The van der Waals surface area contributed by atoms with Crippen molar-refractivity contribution in [3.63, 3.8) is 0 Å². The Morgan fingerprint density at radius 3 is 2.62 bits per heavy atom. The van der Waals surface area contributed by atoms with E-state index in [-0.39, 0.29) is 5.75 Å². The molecular formula is C26H35FN3O9P. The summed E-state index contributed by atoms with van der Waals surface area (Å²) in [6.07, 6.45) is -0.327. The van der Waals surface area contributed by atoms with Crippen LogP contribution in [0.3, 0.4) is 0 Å². The molecule has 1 aromatic carbocycles. The van der Waals surface area contributed by atoms with Crippen molar-refractivity contribution in [3.05, 3.63) is 62.4 Å². The lowest BCUT2D eigenvalue weighted by Gasteiger charge is -2.26. The van der Waals surface area contributed by atoms with E-state index in [1.807, 2.05) is 11.1 Å². The number of nitrogens with zero attached hydrogens (tertiary/aromatic N) is 1. The second-order valence-electron chi connectivity index (χ2n) is 10.5. The summed E-state index contributed by atoms with van der Waals surface area (Å²) in [4.78, 5) is 38.1. The Morgan fingerprint density at radius 1 is 1.25 bits per heavy atom. The fourth-order valence-electron chi connectivity index (χ4n) is 4.75. The normalized spacial score (nSPS) is 26.6. The highest BCUT2D eigenvalue weighted by molar-refractivity contribution is 7.52. The van der Waals surface area contributed by atoms with E-state index < -0.39 is 67.8 Å². The zero-order chi connectivity index (χ0) is 29.2. The Labute approximate surface area is 230 Å². The molecule has 12 nitrogen and oxygen atoms in total. The molecule has 3 N–H and O–H groups in total. The maximum absolute atomic E-state index is 15.6. The van der Waals surface area contributed by atoms with E-state index in [0.29, 0.717) is 0 Å². The molecule has 1 unspecified atom stereocenters. The number of aromatic nitrogens is 2. The van der Waals surface area contributed by atoms with Gasteiger partial charge in [-0.15, -0.1) is 0 Å². The monoisotopic (exact) mass is 583 g/mol. The Hall–Kier alpha value is -2.83. The smallest absolute Gasteiger partial charge is 0.459 e. The van der Waals surface area contributed by atoms with Gasteiger partial charge >= 0.3 is 19.4 Å². The minimum Gasteiger partial charge on any atom is -0.462 e. The van der Waals surface area contributed by atoms with Gasteiger partial charge in [0, 0.05) is 12.3 Å².